The van der Waals surface area contributed by atoms with Crippen molar-refractivity contribution in [3.8, 4) is 0 Å². The van der Waals surface area contributed by atoms with Gasteiger partial charge in [0, 0.05) is 11.1 Å². The number of amides is 1. The van der Waals surface area contributed by atoms with Gasteiger partial charge in [-0.25, -0.2) is 9.37 Å². The number of nitrogen functional groups attached to an aromatic ring is 1. The van der Waals surface area contributed by atoms with Crippen LogP contribution in [-0.2, 0) is 0 Å². The topological polar surface area (TPSA) is 68.0 Å². The highest BCUT2D eigenvalue weighted by atomic mass is 32.1. The zero-order valence-electron chi connectivity index (χ0n) is 8.11. The van der Waals surface area contributed by atoms with Gasteiger partial charge in [0.1, 0.15) is 11.5 Å². The third-order valence-electron chi connectivity index (χ3n) is 1.90. The number of halogens is 1. The van der Waals surface area contributed by atoms with E-state index in [2.05, 4.69) is 10.3 Å². The Morgan fingerprint density at radius 3 is 3.00 bits per heavy atom. The van der Waals surface area contributed by atoms with E-state index in [1.54, 1.807) is 5.38 Å². The van der Waals surface area contributed by atoms with Crippen LogP contribution in [0.25, 0.3) is 0 Å². The van der Waals surface area contributed by atoms with Crippen molar-refractivity contribution in [2.75, 3.05) is 11.1 Å². The fourth-order valence-electron chi connectivity index (χ4n) is 1.15. The third-order valence-corrected chi connectivity index (χ3v) is 2.49. The van der Waals surface area contributed by atoms with E-state index in [0.29, 0.717) is 5.69 Å². The van der Waals surface area contributed by atoms with Crippen molar-refractivity contribution in [2.24, 2.45) is 0 Å². The normalized spacial score (nSPS) is 10.1. The van der Waals surface area contributed by atoms with Crippen molar-refractivity contribution in [1.29, 1.82) is 0 Å². The first kappa shape index (κ1) is 10.6. The number of nitrogens with one attached hydrogen (secondary N) is 1. The number of anilines is 2. The Balaban J connectivity index is 2.21. The molecular weight excluding hydrogens is 229 g/mol. The zero-order chi connectivity index (χ0) is 11.5. The van der Waals surface area contributed by atoms with Gasteiger partial charge >= 0.3 is 0 Å². The fraction of sp³-hybridized carbons (Fsp3) is 0. The van der Waals surface area contributed by atoms with E-state index >= 15 is 0 Å². The summed E-state index contributed by atoms with van der Waals surface area (Å²) < 4.78 is 13.3. The summed E-state index contributed by atoms with van der Waals surface area (Å²) >= 11 is 1.30. The molecule has 0 atom stereocenters. The lowest BCUT2D eigenvalue weighted by Crippen LogP contribution is -2.13. The molecule has 0 unspecified atom stereocenters. The van der Waals surface area contributed by atoms with Crippen LogP contribution in [0.15, 0.2) is 29.1 Å². The average Bonchev–Trinajstić information content (AvgIpc) is 2.76. The molecule has 1 heterocycles. The number of nitrogens with two attached hydrogens (primary N) is 1. The van der Waals surface area contributed by atoms with Gasteiger partial charge in [0.25, 0.3) is 5.91 Å². The number of hydrogen-bond acceptors (Lipinski definition) is 4. The van der Waals surface area contributed by atoms with Crippen LogP contribution in [0.2, 0.25) is 0 Å². The highest BCUT2D eigenvalue weighted by Crippen LogP contribution is 2.18. The summed E-state index contributed by atoms with van der Waals surface area (Å²) in [7, 11) is 0. The van der Waals surface area contributed by atoms with Crippen molar-refractivity contribution in [3.05, 3.63) is 40.6 Å². The van der Waals surface area contributed by atoms with Crippen molar-refractivity contribution >= 4 is 28.6 Å². The smallest absolute Gasteiger partial charge is 0.275 e. The van der Waals surface area contributed by atoms with Gasteiger partial charge in [0.2, 0.25) is 0 Å². The SMILES string of the molecule is Nc1ccc(F)c(NC(=O)c2cscn2)c1. The first-order valence-electron chi connectivity index (χ1n) is 4.41. The molecule has 3 N–H and O–H groups in total. The van der Waals surface area contributed by atoms with Crippen molar-refractivity contribution < 1.29 is 9.18 Å². The second kappa shape index (κ2) is 4.28. The molecule has 0 saturated heterocycles. The van der Waals surface area contributed by atoms with Gasteiger partial charge in [-0.3, -0.25) is 4.79 Å². The predicted molar refractivity (Wildman–Crippen MR) is 60.9 cm³/mol. The molecular formula is C10H8FN3OS. The van der Waals surface area contributed by atoms with Crippen LogP contribution >= 0.6 is 11.3 Å². The summed E-state index contributed by atoms with van der Waals surface area (Å²) in [6.07, 6.45) is 0. The predicted octanol–water partition coefficient (Wildman–Crippen LogP) is 2.12. The Morgan fingerprint density at radius 1 is 1.50 bits per heavy atom. The molecule has 0 saturated carbocycles. The summed E-state index contributed by atoms with van der Waals surface area (Å²) in [5, 5.41) is 3.99. The number of hydrogen-bond donors (Lipinski definition) is 2. The molecule has 0 aliphatic rings. The molecule has 2 aromatic rings. The quantitative estimate of drug-likeness (QED) is 0.786. The molecule has 6 heteroatoms. The second-order valence-corrected chi connectivity index (χ2v) is 3.79. The van der Waals surface area contributed by atoms with E-state index in [0.717, 1.165) is 0 Å². The first-order chi connectivity index (χ1) is 7.66. The van der Waals surface area contributed by atoms with Crippen molar-refractivity contribution in [1.82, 2.24) is 4.98 Å². The Labute approximate surface area is 94.9 Å². The summed E-state index contributed by atoms with van der Waals surface area (Å²) in [6, 6.07) is 3.99. The highest BCUT2D eigenvalue weighted by molar-refractivity contribution is 7.07. The van der Waals surface area contributed by atoms with E-state index in [9.17, 15) is 9.18 Å². The molecule has 1 aromatic heterocycles. The number of aromatic nitrogens is 1. The minimum Gasteiger partial charge on any atom is -0.399 e. The second-order valence-electron chi connectivity index (χ2n) is 3.07. The molecule has 1 aromatic carbocycles. The van der Waals surface area contributed by atoms with E-state index in [4.69, 9.17) is 5.73 Å². The van der Waals surface area contributed by atoms with Gasteiger partial charge in [-0.05, 0) is 18.2 Å². The molecule has 2 rings (SSSR count). The maximum Gasteiger partial charge on any atom is 0.275 e. The molecule has 1 amide bonds. The van der Waals surface area contributed by atoms with Gasteiger partial charge < -0.3 is 11.1 Å². The maximum atomic E-state index is 13.3. The largest absolute Gasteiger partial charge is 0.399 e. The maximum absolute atomic E-state index is 13.3. The first-order valence-corrected chi connectivity index (χ1v) is 5.35. The Hall–Kier alpha value is -1.95. The number of rotatable bonds is 2. The molecule has 0 fully saturated rings. The Bertz CT molecular complexity index is 513. The fourth-order valence-corrected chi connectivity index (χ4v) is 1.68. The molecule has 0 spiro atoms. The van der Waals surface area contributed by atoms with Crippen LogP contribution in [0.5, 0.6) is 0 Å². The molecule has 82 valence electrons. The zero-order valence-corrected chi connectivity index (χ0v) is 8.92. The van der Waals surface area contributed by atoms with E-state index in [-0.39, 0.29) is 11.4 Å². The minimum atomic E-state index is -0.530. The molecule has 0 aliphatic carbocycles. The minimum absolute atomic E-state index is 0.0537. The molecule has 0 aliphatic heterocycles. The Kier molecular flexibility index (Phi) is 2.82. The number of carbonyl (C=O) groups excluding carboxylic acids is 1. The number of carbonyl (C=O) groups is 1. The van der Waals surface area contributed by atoms with E-state index in [1.165, 1.54) is 35.0 Å². The van der Waals surface area contributed by atoms with Crippen molar-refractivity contribution in [2.45, 2.75) is 0 Å². The van der Waals surface area contributed by atoms with Crippen LogP contribution in [0, 0.1) is 5.82 Å². The van der Waals surface area contributed by atoms with Crippen LogP contribution in [0.4, 0.5) is 15.8 Å². The van der Waals surface area contributed by atoms with Crippen LogP contribution in [0.1, 0.15) is 10.5 Å². The monoisotopic (exact) mass is 237 g/mol. The average molecular weight is 237 g/mol. The van der Waals surface area contributed by atoms with Crippen LogP contribution in [-0.4, -0.2) is 10.9 Å². The summed E-state index contributed by atoms with van der Waals surface area (Å²) in [6.45, 7) is 0. The highest BCUT2D eigenvalue weighted by Gasteiger charge is 2.10. The number of benzene rings is 1. The van der Waals surface area contributed by atoms with Gasteiger partial charge in [-0.2, -0.15) is 0 Å². The molecule has 0 bridgehead atoms. The van der Waals surface area contributed by atoms with Crippen LogP contribution in [0.3, 0.4) is 0 Å². The summed E-state index contributed by atoms with van der Waals surface area (Å²) in [5.41, 5.74) is 7.72. The lowest BCUT2D eigenvalue weighted by atomic mass is 10.2. The lowest BCUT2D eigenvalue weighted by Gasteiger charge is -2.05. The van der Waals surface area contributed by atoms with E-state index in [1.807, 2.05) is 0 Å². The summed E-state index contributed by atoms with van der Waals surface area (Å²) in [5.74, 6) is -0.983. The Morgan fingerprint density at radius 2 is 2.31 bits per heavy atom. The lowest BCUT2D eigenvalue weighted by molar-refractivity contribution is 0.102. The van der Waals surface area contributed by atoms with E-state index < -0.39 is 11.7 Å². The third kappa shape index (κ3) is 2.17. The van der Waals surface area contributed by atoms with Gasteiger partial charge in [0.15, 0.2) is 0 Å². The number of thiazole rings is 1. The van der Waals surface area contributed by atoms with Crippen molar-refractivity contribution in [3.63, 3.8) is 0 Å². The van der Waals surface area contributed by atoms with Crippen LogP contribution < -0.4 is 11.1 Å². The van der Waals surface area contributed by atoms with Gasteiger partial charge in [-0.15, -0.1) is 11.3 Å². The number of nitrogens with zero attached hydrogens (tertiary/aromatic N) is 1. The van der Waals surface area contributed by atoms with Gasteiger partial charge in [-0.1, -0.05) is 0 Å². The molecule has 4 nitrogen and oxygen atoms in total. The molecule has 16 heavy (non-hydrogen) atoms. The standard InChI is InChI=1S/C10H8FN3OS/c11-7-2-1-6(12)3-8(7)14-10(15)9-4-16-5-13-9/h1-5H,12H2,(H,14,15). The van der Waals surface area contributed by atoms with Gasteiger partial charge in [0.05, 0.1) is 11.2 Å². The molecule has 0 radical (unpaired) electrons. The summed E-state index contributed by atoms with van der Waals surface area (Å²) in [4.78, 5) is 15.4.